The Morgan fingerprint density at radius 1 is 1.33 bits per heavy atom. The van der Waals surface area contributed by atoms with Crippen molar-refractivity contribution in [3.63, 3.8) is 0 Å². The molecular weight excluding hydrogens is 196 g/mol. The minimum atomic E-state index is -0.194. The van der Waals surface area contributed by atoms with Gasteiger partial charge in [-0.3, -0.25) is 4.79 Å². The first-order valence-electron chi connectivity index (χ1n) is 4.36. The smallest absolute Gasteiger partial charge is 0.257 e. The van der Waals surface area contributed by atoms with Crippen molar-refractivity contribution in [3.05, 3.63) is 28.7 Å². The van der Waals surface area contributed by atoms with Gasteiger partial charge in [0.15, 0.2) is 5.75 Å². The number of H-pyrrole nitrogens is 1. The lowest BCUT2D eigenvalue weighted by atomic mass is 10.2. The fraction of sp³-hybridized carbons (Fsp3) is 0.200. The third-order valence-corrected chi connectivity index (χ3v) is 2.10. The van der Waals surface area contributed by atoms with E-state index in [2.05, 4.69) is 9.97 Å². The Labute approximate surface area is 85.7 Å². The Bertz CT molecular complexity index is 548. The quantitative estimate of drug-likeness (QED) is 0.794. The van der Waals surface area contributed by atoms with Crippen LogP contribution in [-0.4, -0.2) is 24.2 Å². The predicted octanol–water partition coefficient (Wildman–Crippen LogP) is 0.940. The molecule has 0 aliphatic rings. The Hall–Kier alpha value is -2.04. The predicted molar refractivity (Wildman–Crippen MR) is 55.5 cm³/mol. The van der Waals surface area contributed by atoms with Crippen molar-refractivity contribution < 1.29 is 9.47 Å². The van der Waals surface area contributed by atoms with Gasteiger partial charge in [0, 0.05) is 12.3 Å². The van der Waals surface area contributed by atoms with Crippen molar-refractivity contribution in [3.8, 4) is 11.6 Å². The van der Waals surface area contributed by atoms with Gasteiger partial charge in [0.1, 0.15) is 0 Å². The molecule has 0 radical (unpaired) electrons. The van der Waals surface area contributed by atoms with E-state index in [1.807, 2.05) is 0 Å². The van der Waals surface area contributed by atoms with Crippen molar-refractivity contribution in [2.45, 2.75) is 0 Å². The SMILES string of the molecule is COc1cc2c(=O)[nH]ccc2nc1OC. The van der Waals surface area contributed by atoms with E-state index in [1.54, 1.807) is 18.3 Å². The molecule has 78 valence electrons. The molecule has 0 fully saturated rings. The summed E-state index contributed by atoms with van der Waals surface area (Å²) >= 11 is 0. The van der Waals surface area contributed by atoms with Crippen LogP contribution in [0.1, 0.15) is 0 Å². The second-order valence-corrected chi connectivity index (χ2v) is 2.94. The number of aromatic nitrogens is 2. The first-order chi connectivity index (χ1) is 7.26. The number of nitrogens with zero attached hydrogens (tertiary/aromatic N) is 1. The maximum absolute atomic E-state index is 11.5. The van der Waals surface area contributed by atoms with E-state index >= 15 is 0 Å². The zero-order chi connectivity index (χ0) is 10.8. The summed E-state index contributed by atoms with van der Waals surface area (Å²) in [4.78, 5) is 18.2. The molecule has 5 nitrogen and oxygen atoms in total. The Morgan fingerprint density at radius 3 is 2.80 bits per heavy atom. The topological polar surface area (TPSA) is 64.2 Å². The Kier molecular flexibility index (Phi) is 2.29. The summed E-state index contributed by atoms with van der Waals surface area (Å²) in [5.74, 6) is 0.817. The Balaban J connectivity index is 2.81. The van der Waals surface area contributed by atoms with E-state index in [0.29, 0.717) is 22.5 Å². The summed E-state index contributed by atoms with van der Waals surface area (Å²) < 4.78 is 10.1. The number of rotatable bonds is 2. The highest BCUT2D eigenvalue weighted by Gasteiger charge is 2.08. The van der Waals surface area contributed by atoms with E-state index in [-0.39, 0.29) is 5.56 Å². The summed E-state index contributed by atoms with van der Waals surface area (Å²) in [5, 5.41) is 0.482. The van der Waals surface area contributed by atoms with Gasteiger partial charge in [-0.15, -0.1) is 0 Å². The van der Waals surface area contributed by atoms with Crippen molar-refractivity contribution in [1.82, 2.24) is 9.97 Å². The van der Waals surface area contributed by atoms with Gasteiger partial charge < -0.3 is 14.5 Å². The first kappa shape index (κ1) is 9.51. The van der Waals surface area contributed by atoms with Crippen LogP contribution in [0.2, 0.25) is 0 Å². The number of methoxy groups -OCH3 is 2. The average Bonchev–Trinajstić information content (AvgIpc) is 2.28. The highest BCUT2D eigenvalue weighted by molar-refractivity contribution is 5.79. The number of hydrogen-bond acceptors (Lipinski definition) is 4. The first-order valence-corrected chi connectivity index (χ1v) is 4.36. The van der Waals surface area contributed by atoms with Crippen LogP contribution in [0.15, 0.2) is 23.1 Å². The minimum Gasteiger partial charge on any atom is -0.491 e. The molecule has 0 aliphatic carbocycles. The van der Waals surface area contributed by atoms with Crippen molar-refractivity contribution in [2.24, 2.45) is 0 Å². The van der Waals surface area contributed by atoms with Gasteiger partial charge in [-0.25, -0.2) is 4.98 Å². The molecule has 0 spiro atoms. The van der Waals surface area contributed by atoms with Crippen LogP contribution in [0.3, 0.4) is 0 Å². The monoisotopic (exact) mass is 206 g/mol. The molecule has 0 aliphatic heterocycles. The lowest BCUT2D eigenvalue weighted by molar-refractivity contribution is 0.344. The molecule has 2 aromatic heterocycles. The standard InChI is InChI=1S/C10H10N2O3/c1-14-8-5-6-7(12-10(8)15-2)3-4-11-9(6)13/h3-5H,1-2H3,(H,11,13). The van der Waals surface area contributed by atoms with Crippen LogP contribution in [0, 0.1) is 0 Å². The fourth-order valence-electron chi connectivity index (χ4n) is 1.37. The van der Waals surface area contributed by atoms with Crippen LogP contribution < -0.4 is 15.0 Å². The Morgan fingerprint density at radius 2 is 2.13 bits per heavy atom. The number of aromatic amines is 1. The summed E-state index contributed by atoms with van der Waals surface area (Å²) in [6.45, 7) is 0. The fourth-order valence-corrected chi connectivity index (χ4v) is 1.37. The van der Waals surface area contributed by atoms with E-state index in [9.17, 15) is 4.79 Å². The van der Waals surface area contributed by atoms with Crippen LogP contribution >= 0.6 is 0 Å². The van der Waals surface area contributed by atoms with E-state index < -0.39 is 0 Å². The molecule has 0 aromatic carbocycles. The van der Waals surface area contributed by atoms with Crippen molar-refractivity contribution in [1.29, 1.82) is 0 Å². The number of fused-ring (bicyclic) bond motifs is 1. The molecule has 0 atom stereocenters. The highest BCUT2D eigenvalue weighted by Crippen LogP contribution is 2.26. The highest BCUT2D eigenvalue weighted by atomic mass is 16.5. The number of nitrogens with one attached hydrogen (secondary N) is 1. The molecule has 5 heteroatoms. The molecular formula is C10H10N2O3. The largest absolute Gasteiger partial charge is 0.491 e. The molecule has 0 saturated heterocycles. The molecule has 2 aromatic rings. The third kappa shape index (κ3) is 1.52. The molecule has 0 unspecified atom stereocenters. The van der Waals surface area contributed by atoms with Crippen LogP contribution in [0.5, 0.6) is 11.6 Å². The summed E-state index contributed by atoms with van der Waals surface area (Å²) in [6, 6.07) is 3.32. The zero-order valence-electron chi connectivity index (χ0n) is 8.40. The van der Waals surface area contributed by atoms with Crippen LogP contribution in [0.25, 0.3) is 10.9 Å². The lowest BCUT2D eigenvalue weighted by Crippen LogP contribution is -2.06. The van der Waals surface area contributed by atoms with E-state index in [0.717, 1.165) is 0 Å². The lowest BCUT2D eigenvalue weighted by Gasteiger charge is -2.06. The van der Waals surface area contributed by atoms with Crippen molar-refractivity contribution in [2.75, 3.05) is 14.2 Å². The van der Waals surface area contributed by atoms with Crippen LogP contribution in [0.4, 0.5) is 0 Å². The van der Waals surface area contributed by atoms with Crippen LogP contribution in [-0.2, 0) is 0 Å². The third-order valence-electron chi connectivity index (χ3n) is 2.10. The molecule has 15 heavy (non-hydrogen) atoms. The van der Waals surface area contributed by atoms with Gasteiger partial charge >= 0.3 is 0 Å². The molecule has 0 saturated carbocycles. The summed E-state index contributed by atoms with van der Waals surface area (Å²) in [6.07, 6.45) is 1.55. The number of hydrogen-bond donors (Lipinski definition) is 1. The summed E-state index contributed by atoms with van der Waals surface area (Å²) in [5.41, 5.74) is 0.386. The maximum Gasteiger partial charge on any atom is 0.257 e. The van der Waals surface area contributed by atoms with Gasteiger partial charge in [0.2, 0.25) is 0 Å². The molecule has 0 bridgehead atoms. The number of ether oxygens (including phenoxy) is 2. The van der Waals surface area contributed by atoms with Gasteiger partial charge in [-0.2, -0.15) is 0 Å². The molecule has 1 N–H and O–H groups in total. The van der Waals surface area contributed by atoms with Gasteiger partial charge in [-0.05, 0) is 6.07 Å². The second kappa shape index (κ2) is 3.61. The minimum absolute atomic E-state index is 0.194. The van der Waals surface area contributed by atoms with Crippen molar-refractivity contribution >= 4 is 10.9 Å². The molecule has 0 amide bonds. The van der Waals surface area contributed by atoms with E-state index in [4.69, 9.17) is 9.47 Å². The maximum atomic E-state index is 11.5. The van der Waals surface area contributed by atoms with Gasteiger partial charge in [0.25, 0.3) is 11.4 Å². The van der Waals surface area contributed by atoms with E-state index in [1.165, 1.54) is 14.2 Å². The molecule has 2 heterocycles. The second-order valence-electron chi connectivity index (χ2n) is 2.94. The van der Waals surface area contributed by atoms with Gasteiger partial charge in [0.05, 0.1) is 25.1 Å². The molecule has 2 rings (SSSR count). The number of pyridine rings is 2. The van der Waals surface area contributed by atoms with Gasteiger partial charge in [-0.1, -0.05) is 0 Å². The summed E-state index contributed by atoms with van der Waals surface area (Å²) in [7, 11) is 3.01. The zero-order valence-corrected chi connectivity index (χ0v) is 8.40. The normalized spacial score (nSPS) is 10.3. The average molecular weight is 206 g/mol.